The SMILES string of the molecule is COc1ccc2c(c1)C1(SCCN1C(=O)c1ccccc1F)C(=O)N2Cc1ccccc1Cl. The molecule has 0 radical (unpaired) electrons. The van der Waals surface area contributed by atoms with Gasteiger partial charge in [-0.05, 0) is 42.0 Å². The number of nitrogens with zero attached hydrogens (tertiary/aromatic N) is 2. The molecule has 0 bridgehead atoms. The smallest absolute Gasteiger partial charge is 0.268 e. The summed E-state index contributed by atoms with van der Waals surface area (Å²) in [6.07, 6.45) is 0. The van der Waals surface area contributed by atoms with Crippen molar-refractivity contribution in [2.45, 2.75) is 11.4 Å². The van der Waals surface area contributed by atoms with Crippen molar-refractivity contribution in [3.63, 3.8) is 0 Å². The Hall–Kier alpha value is -3.03. The summed E-state index contributed by atoms with van der Waals surface area (Å²) < 4.78 is 19.9. The Morgan fingerprint density at radius 2 is 1.91 bits per heavy atom. The summed E-state index contributed by atoms with van der Waals surface area (Å²) in [7, 11) is 1.55. The molecular weight excluding hydrogens is 463 g/mol. The molecule has 2 aliphatic rings. The Morgan fingerprint density at radius 1 is 1.15 bits per heavy atom. The summed E-state index contributed by atoms with van der Waals surface area (Å²) in [5.41, 5.74) is 2.08. The highest BCUT2D eigenvalue weighted by molar-refractivity contribution is 8.01. The molecule has 0 N–H and O–H groups in total. The maximum Gasteiger partial charge on any atom is 0.268 e. The van der Waals surface area contributed by atoms with Gasteiger partial charge >= 0.3 is 0 Å². The van der Waals surface area contributed by atoms with E-state index in [0.29, 0.717) is 34.3 Å². The van der Waals surface area contributed by atoms with Crippen LogP contribution < -0.4 is 9.64 Å². The molecule has 0 aromatic heterocycles. The second-order valence-corrected chi connectivity index (χ2v) is 9.49. The Kier molecular flexibility index (Phi) is 5.54. The van der Waals surface area contributed by atoms with Crippen molar-refractivity contribution < 1.29 is 18.7 Å². The highest BCUT2D eigenvalue weighted by Crippen LogP contribution is 2.55. The summed E-state index contributed by atoms with van der Waals surface area (Å²) in [5.74, 6) is -0.259. The van der Waals surface area contributed by atoms with E-state index in [4.69, 9.17) is 16.3 Å². The van der Waals surface area contributed by atoms with Crippen molar-refractivity contribution >= 4 is 40.9 Å². The fourth-order valence-corrected chi connectivity index (χ4v) is 6.10. The summed E-state index contributed by atoms with van der Waals surface area (Å²) in [5, 5.41) is 0.555. The van der Waals surface area contributed by atoms with Gasteiger partial charge < -0.3 is 14.5 Å². The summed E-state index contributed by atoms with van der Waals surface area (Å²) in [4.78, 5) is 29.4. The van der Waals surface area contributed by atoms with Crippen molar-refractivity contribution in [3.05, 3.63) is 94.3 Å². The molecule has 33 heavy (non-hydrogen) atoms. The highest BCUT2D eigenvalue weighted by Gasteiger charge is 2.59. The van der Waals surface area contributed by atoms with Crippen molar-refractivity contribution in [1.29, 1.82) is 0 Å². The summed E-state index contributed by atoms with van der Waals surface area (Å²) >= 11 is 7.76. The number of anilines is 1. The van der Waals surface area contributed by atoms with Crippen molar-refractivity contribution in [2.24, 2.45) is 0 Å². The van der Waals surface area contributed by atoms with Crippen LogP contribution in [0.4, 0.5) is 10.1 Å². The minimum atomic E-state index is -1.30. The highest BCUT2D eigenvalue weighted by atomic mass is 35.5. The summed E-state index contributed by atoms with van der Waals surface area (Å²) in [6.45, 7) is 0.571. The standard InChI is InChI=1S/C25H20ClFN2O3S/c1-32-17-10-11-22-19(14-17)25(24(31)28(22)15-16-6-2-4-8-20(16)26)29(12-13-33-25)23(30)18-7-3-5-9-21(18)27/h2-11,14H,12-13,15H2,1H3. The van der Waals surface area contributed by atoms with Gasteiger partial charge in [0.2, 0.25) is 0 Å². The number of benzene rings is 3. The van der Waals surface area contributed by atoms with Crippen molar-refractivity contribution in [1.82, 2.24) is 4.90 Å². The molecule has 168 valence electrons. The molecule has 1 fully saturated rings. The minimum absolute atomic E-state index is 0.0545. The number of carbonyl (C=O) groups excluding carboxylic acids is 2. The van der Waals surface area contributed by atoms with Gasteiger partial charge in [-0.25, -0.2) is 4.39 Å². The minimum Gasteiger partial charge on any atom is -0.497 e. The summed E-state index contributed by atoms with van der Waals surface area (Å²) in [6, 6.07) is 18.6. The average Bonchev–Trinajstić information content (AvgIpc) is 3.37. The number of fused-ring (bicyclic) bond motifs is 2. The van der Waals surface area contributed by atoms with Crippen LogP contribution in [0.5, 0.6) is 5.75 Å². The topological polar surface area (TPSA) is 49.9 Å². The monoisotopic (exact) mass is 482 g/mol. The lowest BCUT2D eigenvalue weighted by atomic mass is 10.0. The number of amides is 2. The molecule has 1 atom stereocenters. The number of rotatable bonds is 4. The number of hydrogen-bond donors (Lipinski definition) is 0. The van der Waals surface area contributed by atoms with E-state index in [9.17, 15) is 14.0 Å². The van der Waals surface area contributed by atoms with E-state index in [-0.39, 0.29) is 18.0 Å². The van der Waals surface area contributed by atoms with Crippen LogP contribution >= 0.6 is 23.4 Å². The van der Waals surface area contributed by atoms with Crippen LogP contribution in [0.15, 0.2) is 66.7 Å². The number of halogens is 2. The first-order chi connectivity index (χ1) is 16.0. The van der Waals surface area contributed by atoms with E-state index < -0.39 is 16.6 Å². The zero-order valence-electron chi connectivity index (χ0n) is 17.8. The zero-order chi connectivity index (χ0) is 23.2. The van der Waals surface area contributed by atoms with E-state index >= 15 is 0 Å². The van der Waals surface area contributed by atoms with Gasteiger partial charge in [-0.2, -0.15) is 0 Å². The predicted molar refractivity (Wildman–Crippen MR) is 127 cm³/mol. The number of carbonyl (C=O) groups is 2. The fourth-order valence-electron chi connectivity index (χ4n) is 4.46. The Balaban J connectivity index is 1.64. The van der Waals surface area contributed by atoms with E-state index in [1.807, 2.05) is 24.3 Å². The van der Waals surface area contributed by atoms with Crippen LogP contribution in [-0.4, -0.2) is 36.1 Å². The molecule has 1 unspecified atom stereocenters. The van der Waals surface area contributed by atoms with E-state index in [2.05, 4.69) is 0 Å². The van der Waals surface area contributed by atoms with Crippen LogP contribution in [0.3, 0.4) is 0 Å². The van der Waals surface area contributed by atoms with Gasteiger partial charge in [-0.15, -0.1) is 11.8 Å². The van der Waals surface area contributed by atoms with Crippen molar-refractivity contribution in [3.8, 4) is 5.75 Å². The molecule has 2 aliphatic heterocycles. The fraction of sp³-hybridized carbons (Fsp3) is 0.200. The molecule has 0 aliphatic carbocycles. The van der Waals surface area contributed by atoms with Gasteiger partial charge in [-0.3, -0.25) is 9.59 Å². The number of ether oxygens (including phenoxy) is 1. The number of thioether (sulfide) groups is 1. The first-order valence-electron chi connectivity index (χ1n) is 10.4. The van der Waals surface area contributed by atoms with Crippen LogP contribution in [0.25, 0.3) is 0 Å². The van der Waals surface area contributed by atoms with Crippen LogP contribution in [0, 0.1) is 5.82 Å². The van der Waals surface area contributed by atoms with Gasteiger partial charge in [0, 0.05) is 22.9 Å². The second-order valence-electron chi connectivity index (χ2n) is 7.79. The molecule has 2 heterocycles. The molecule has 1 spiro atoms. The molecular formula is C25H20ClFN2O3S. The molecule has 0 saturated carbocycles. The zero-order valence-corrected chi connectivity index (χ0v) is 19.3. The Bertz CT molecular complexity index is 1270. The maximum atomic E-state index is 14.5. The van der Waals surface area contributed by atoms with Gasteiger partial charge in [0.05, 0.1) is 24.9 Å². The molecule has 2 amide bonds. The third kappa shape index (κ3) is 3.38. The van der Waals surface area contributed by atoms with Crippen LogP contribution in [0.1, 0.15) is 21.5 Å². The van der Waals surface area contributed by atoms with Crippen LogP contribution in [-0.2, 0) is 16.2 Å². The van der Waals surface area contributed by atoms with E-state index in [1.54, 1.807) is 36.3 Å². The normalized spacial score (nSPS) is 19.3. The Morgan fingerprint density at radius 3 is 2.67 bits per heavy atom. The largest absolute Gasteiger partial charge is 0.497 e. The molecule has 5 rings (SSSR count). The maximum absolute atomic E-state index is 14.5. The molecule has 1 saturated heterocycles. The molecule has 3 aromatic carbocycles. The second kappa shape index (κ2) is 8.39. The molecule has 8 heteroatoms. The number of hydrogen-bond acceptors (Lipinski definition) is 4. The first kappa shape index (κ1) is 21.8. The lowest BCUT2D eigenvalue weighted by Crippen LogP contribution is -2.50. The van der Waals surface area contributed by atoms with E-state index in [0.717, 1.165) is 5.56 Å². The Labute approximate surface area is 200 Å². The lowest BCUT2D eigenvalue weighted by molar-refractivity contribution is -0.123. The molecule has 3 aromatic rings. The average molecular weight is 483 g/mol. The van der Waals surface area contributed by atoms with Gasteiger partial charge in [0.15, 0.2) is 4.87 Å². The van der Waals surface area contributed by atoms with Crippen LogP contribution in [0.2, 0.25) is 5.02 Å². The van der Waals surface area contributed by atoms with Crippen molar-refractivity contribution in [2.75, 3.05) is 24.3 Å². The van der Waals surface area contributed by atoms with Gasteiger partial charge in [0.1, 0.15) is 11.6 Å². The number of methoxy groups -OCH3 is 1. The molecule has 5 nitrogen and oxygen atoms in total. The first-order valence-corrected chi connectivity index (χ1v) is 11.8. The van der Waals surface area contributed by atoms with Gasteiger partial charge in [-0.1, -0.05) is 41.9 Å². The van der Waals surface area contributed by atoms with Gasteiger partial charge in [0.25, 0.3) is 11.8 Å². The predicted octanol–water partition coefficient (Wildman–Crippen LogP) is 5.08. The quantitative estimate of drug-likeness (QED) is 0.520. The van der Waals surface area contributed by atoms with E-state index in [1.165, 1.54) is 34.9 Å². The third-order valence-electron chi connectivity index (χ3n) is 6.04. The lowest BCUT2D eigenvalue weighted by Gasteiger charge is -2.33. The third-order valence-corrected chi connectivity index (χ3v) is 7.82.